The lowest BCUT2D eigenvalue weighted by Gasteiger charge is -2.19. The number of nitrogens with one attached hydrogen (secondary N) is 1. The summed E-state index contributed by atoms with van der Waals surface area (Å²) in [7, 11) is 1.67. The summed E-state index contributed by atoms with van der Waals surface area (Å²) >= 11 is 0. The van der Waals surface area contributed by atoms with Crippen LogP contribution in [0.2, 0.25) is 0 Å². The third-order valence-corrected chi connectivity index (χ3v) is 2.71. The van der Waals surface area contributed by atoms with Crippen LogP contribution < -0.4 is 5.32 Å². The van der Waals surface area contributed by atoms with E-state index in [4.69, 9.17) is 0 Å². The number of alkyl halides is 3. The summed E-state index contributed by atoms with van der Waals surface area (Å²) in [5.74, 6) is 0. The lowest BCUT2D eigenvalue weighted by Crippen LogP contribution is -2.21. The van der Waals surface area contributed by atoms with Crippen molar-refractivity contribution in [2.45, 2.75) is 38.9 Å². The highest BCUT2D eigenvalue weighted by Gasteiger charge is 2.28. The van der Waals surface area contributed by atoms with Gasteiger partial charge < -0.3 is 5.32 Å². The van der Waals surface area contributed by atoms with Crippen molar-refractivity contribution in [2.24, 2.45) is 0 Å². The Hall–Kier alpha value is -1.10. The molecule has 0 saturated heterocycles. The summed E-state index contributed by atoms with van der Waals surface area (Å²) in [6, 6.07) is 3.36. The summed E-state index contributed by atoms with van der Waals surface area (Å²) < 4.78 is 36.6. The first-order valence-electron chi connectivity index (χ1n) is 5.51. The molecule has 0 aromatic carbocycles. The molecule has 0 spiro atoms. The molecule has 1 aromatic rings. The predicted octanol–water partition coefficient (Wildman–Crippen LogP) is 3.30. The van der Waals surface area contributed by atoms with Gasteiger partial charge in [-0.05, 0) is 38.9 Å². The minimum absolute atomic E-state index is 0.0333. The fraction of sp³-hybridized carbons (Fsp3) is 0.583. The zero-order valence-corrected chi connectivity index (χ0v) is 10.2. The third kappa shape index (κ3) is 4.34. The highest BCUT2D eigenvalue weighted by atomic mass is 19.4. The zero-order chi connectivity index (χ0) is 13.1. The molecule has 0 aliphatic rings. The van der Waals surface area contributed by atoms with Crippen molar-refractivity contribution in [1.82, 2.24) is 10.3 Å². The summed E-state index contributed by atoms with van der Waals surface area (Å²) in [6.45, 7) is 3.68. The average molecular weight is 246 g/mol. The fourth-order valence-corrected chi connectivity index (χ4v) is 1.83. The highest BCUT2D eigenvalue weighted by molar-refractivity contribution is 5.25. The van der Waals surface area contributed by atoms with Gasteiger partial charge in [0.15, 0.2) is 0 Å². The van der Waals surface area contributed by atoms with E-state index in [1.165, 1.54) is 0 Å². The molecule has 1 aromatic heterocycles. The van der Waals surface area contributed by atoms with E-state index in [-0.39, 0.29) is 12.5 Å². The standard InChI is InChI=1S/C12H17F3N2/c1-8-4-5-10(9(2)17-8)11(16-3)6-7-12(13,14)15/h4-5,11,16H,6-7H2,1-3H3. The lowest BCUT2D eigenvalue weighted by molar-refractivity contribution is -0.136. The van der Waals surface area contributed by atoms with Gasteiger partial charge in [-0.25, -0.2) is 0 Å². The third-order valence-electron chi connectivity index (χ3n) is 2.71. The van der Waals surface area contributed by atoms with Crippen molar-refractivity contribution in [2.75, 3.05) is 7.05 Å². The maximum Gasteiger partial charge on any atom is 0.389 e. The second-order valence-electron chi connectivity index (χ2n) is 4.12. The molecule has 17 heavy (non-hydrogen) atoms. The Bertz CT molecular complexity index is 375. The van der Waals surface area contributed by atoms with Crippen molar-refractivity contribution < 1.29 is 13.2 Å². The van der Waals surface area contributed by atoms with Crippen LogP contribution in [0.1, 0.15) is 35.8 Å². The van der Waals surface area contributed by atoms with Gasteiger partial charge in [0.2, 0.25) is 0 Å². The highest BCUT2D eigenvalue weighted by Crippen LogP contribution is 2.28. The molecule has 96 valence electrons. The van der Waals surface area contributed by atoms with Crippen LogP contribution in [0.3, 0.4) is 0 Å². The largest absolute Gasteiger partial charge is 0.389 e. The van der Waals surface area contributed by atoms with E-state index in [1.54, 1.807) is 7.05 Å². The Balaban J connectivity index is 2.79. The van der Waals surface area contributed by atoms with Gasteiger partial charge in [-0.1, -0.05) is 6.07 Å². The summed E-state index contributed by atoms with van der Waals surface area (Å²) in [6.07, 6.45) is -4.86. The number of hydrogen-bond donors (Lipinski definition) is 1. The zero-order valence-electron chi connectivity index (χ0n) is 10.2. The van der Waals surface area contributed by atoms with Crippen molar-refractivity contribution in [3.63, 3.8) is 0 Å². The Morgan fingerprint density at radius 1 is 1.29 bits per heavy atom. The van der Waals surface area contributed by atoms with Crippen molar-refractivity contribution in [3.05, 3.63) is 29.1 Å². The van der Waals surface area contributed by atoms with Gasteiger partial charge in [0.1, 0.15) is 0 Å². The maximum atomic E-state index is 12.2. The van der Waals surface area contributed by atoms with Crippen LogP contribution in [-0.4, -0.2) is 18.2 Å². The molecule has 0 saturated carbocycles. The minimum atomic E-state index is -4.11. The van der Waals surface area contributed by atoms with Gasteiger partial charge in [0, 0.05) is 23.9 Å². The number of halogens is 3. The second kappa shape index (κ2) is 5.49. The molecule has 0 aliphatic carbocycles. The van der Waals surface area contributed by atoms with Crippen LogP contribution in [0.25, 0.3) is 0 Å². The molecule has 1 unspecified atom stereocenters. The first-order valence-corrected chi connectivity index (χ1v) is 5.51. The van der Waals surface area contributed by atoms with Crippen LogP contribution in [-0.2, 0) is 0 Å². The summed E-state index contributed by atoms with van der Waals surface area (Å²) in [5.41, 5.74) is 2.49. The van der Waals surface area contributed by atoms with E-state index in [0.29, 0.717) is 0 Å². The van der Waals surface area contributed by atoms with Crippen LogP contribution in [0.4, 0.5) is 13.2 Å². The van der Waals surface area contributed by atoms with Crippen LogP contribution in [0.5, 0.6) is 0 Å². The van der Waals surface area contributed by atoms with Crippen LogP contribution >= 0.6 is 0 Å². The molecule has 1 rings (SSSR count). The van der Waals surface area contributed by atoms with Crippen LogP contribution in [0.15, 0.2) is 12.1 Å². The van der Waals surface area contributed by atoms with E-state index in [9.17, 15) is 13.2 Å². The van der Waals surface area contributed by atoms with Gasteiger partial charge in [-0.2, -0.15) is 13.2 Å². The Labute approximate surface area is 99.3 Å². The molecule has 2 nitrogen and oxygen atoms in total. The van der Waals surface area contributed by atoms with Gasteiger partial charge in [-0.15, -0.1) is 0 Å². The quantitative estimate of drug-likeness (QED) is 0.881. The smallest absolute Gasteiger partial charge is 0.313 e. The normalized spacial score (nSPS) is 13.8. The first kappa shape index (κ1) is 14.0. The predicted molar refractivity (Wildman–Crippen MR) is 60.8 cm³/mol. The number of hydrogen-bond acceptors (Lipinski definition) is 2. The van der Waals surface area contributed by atoms with Gasteiger partial charge in [-0.3, -0.25) is 4.98 Å². The summed E-state index contributed by atoms with van der Waals surface area (Å²) in [4.78, 5) is 4.27. The number of rotatable bonds is 4. The van der Waals surface area contributed by atoms with Crippen molar-refractivity contribution >= 4 is 0 Å². The molecule has 1 atom stereocenters. The number of aromatic nitrogens is 1. The van der Waals surface area contributed by atoms with Crippen LogP contribution in [0, 0.1) is 13.8 Å². The van der Waals surface area contributed by atoms with E-state index in [0.717, 1.165) is 17.0 Å². The number of nitrogens with zero attached hydrogens (tertiary/aromatic N) is 1. The molecule has 5 heteroatoms. The Morgan fingerprint density at radius 3 is 2.41 bits per heavy atom. The molecular weight excluding hydrogens is 229 g/mol. The van der Waals surface area contributed by atoms with Gasteiger partial charge in [0.25, 0.3) is 0 Å². The molecule has 1 heterocycles. The topological polar surface area (TPSA) is 24.9 Å². The molecule has 0 aliphatic heterocycles. The SMILES string of the molecule is CNC(CCC(F)(F)F)c1ccc(C)nc1C. The Morgan fingerprint density at radius 2 is 1.94 bits per heavy atom. The second-order valence-corrected chi connectivity index (χ2v) is 4.12. The van der Waals surface area contributed by atoms with E-state index >= 15 is 0 Å². The van der Waals surface area contributed by atoms with E-state index < -0.39 is 12.6 Å². The first-order chi connectivity index (χ1) is 7.83. The molecule has 1 N–H and O–H groups in total. The average Bonchev–Trinajstić information content (AvgIpc) is 2.19. The monoisotopic (exact) mass is 246 g/mol. The minimum Gasteiger partial charge on any atom is -0.313 e. The van der Waals surface area contributed by atoms with Crippen molar-refractivity contribution in [1.29, 1.82) is 0 Å². The molecule has 0 radical (unpaired) electrons. The molecular formula is C12H17F3N2. The molecule has 0 bridgehead atoms. The number of pyridine rings is 1. The van der Waals surface area contributed by atoms with Gasteiger partial charge >= 0.3 is 6.18 Å². The van der Waals surface area contributed by atoms with Crippen molar-refractivity contribution in [3.8, 4) is 0 Å². The number of aryl methyl sites for hydroxylation is 2. The molecule has 0 amide bonds. The fourth-order valence-electron chi connectivity index (χ4n) is 1.83. The lowest BCUT2D eigenvalue weighted by atomic mass is 10.0. The van der Waals surface area contributed by atoms with Gasteiger partial charge in [0.05, 0.1) is 0 Å². The maximum absolute atomic E-state index is 12.2. The Kier molecular flexibility index (Phi) is 4.51. The van der Waals surface area contributed by atoms with E-state index in [2.05, 4.69) is 10.3 Å². The summed E-state index contributed by atoms with van der Waals surface area (Å²) in [5, 5.41) is 2.91. The van der Waals surface area contributed by atoms with E-state index in [1.807, 2.05) is 26.0 Å². The molecule has 0 fully saturated rings.